The molecule has 1 aliphatic heterocycles. The van der Waals surface area contributed by atoms with Gasteiger partial charge in [-0.1, -0.05) is 46.7 Å². The van der Waals surface area contributed by atoms with E-state index in [-0.39, 0.29) is 33.5 Å². The number of aromatic nitrogens is 1. The third kappa shape index (κ3) is 5.38. The zero-order valence-corrected chi connectivity index (χ0v) is 24.6. The summed E-state index contributed by atoms with van der Waals surface area (Å²) >= 11 is 13.3. The number of allylic oxidation sites excluding steroid dienone is 1. The summed E-state index contributed by atoms with van der Waals surface area (Å²) in [6.07, 6.45) is 1.57. The van der Waals surface area contributed by atoms with E-state index in [2.05, 4.69) is 4.99 Å². The van der Waals surface area contributed by atoms with Crippen molar-refractivity contribution in [3.05, 3.63) is 117 Å². The normalized spacial score (nSPS) is 15.0. The molecule has 0 fully saturated rings. The van der Waals surface area contributed by atoms with Crippen LogP contribution in [0.4, 0.5) is 5.69 Å². The molecule has 4 aromatic rings. The van der Waals surface area contributed by atoms with Crippen molar-refractivity contribution in [2.45, 2.75) is 26.8 Å². The molecule has 0 N–H and O–H groups in total. The highest BCUT2D eigenvalue weighted by atomic mass is 35.5. The van der Waals surface area contributed by atoms with E-state index in [1.165, 1.54) is 28.0 Å². The van der Waals surface area contributed by atoms with Gasteiger partial charge in [-0.25, -0.2) is 4.99 Å². The summed E-state index contributed by atoms with van der Waals surface area (Å²) in [5.41, 5.74) is 1.40. The summed E-state index contributed by atoms with van der Waals surface area (Å²) in [5.74, 6) is 0.396. The number of carbonyl (C=O) groups is 1. The fraction of sp³-hybridized carbons (Fsp3) is 0.207. The van der Waals surface area contributed by atoms with Gasteiger partial charge in [0.2, 0.25) is 0 Å². The van der Waals surface area contributed by atoms with Crippen molar-refractivity contribution in [1.82, 2.24) is 9.47 Å². The molecule has 0 unspecified atom stereocenters. The van der Waals surface area contributed by atoms with Crippen molar-refractivity contribution < 1.29 is 14.1 Å². The monoisotopic (exact) mass is 610 g/mol. The van der Waals surface area contributed by atoms with Crippen molar-refractivity contribution in [2.75, 3.05) is 13.1 Å². The maximum Gasteiger partial charge on any atom is 0.281 e. The number of thiazole rings is 1. The van der Waals surface area contributed by atoms with Gasteiger partial charge in [0.25, 0.3) is 17.2 Å². The van der Waals surface area contributed by atoms with E-state index in [0.29, 0.717) is 44.5 Å². The molecule has 1 atom stereocenters. The Hall–Kier alpha value is -3.99. The fourth-order valence-corrected chi connectivity index (χ4v) is 6.12. The molecule has 1 aliphatic rings. The lowest BCUT2D eigenvalue weighted by molar-refractivity contribution is -0.384. The topological polar surface area (TPSA) is 111 Å². The molecule has 210 valence electrons. The number of benzene rings is 2. The van der Waals surface area contributed by atoms with Crippen LogP contribution in [0.2, 0.25) is 10.0 Å². The number of hydrogen-bond donors (Lipinski definition) is 0. The molecular formula is C29H24Cl2N4O5S. The van der Waals surface area contributed by atoms with E-state index in [4.69, 9.17) is 27.6 Å². The number of nitro benzene ring substituents is 1. The number of nitro groups is 1. The lowest BCUT2D eigenvalue weighted by Crippen LogP contribution is -2.43. The van der Waals surface area contributed by atoms with Crippen LogP contribution in [0.1, 0.15) is 38.1 Å². The number of halogens is 2. The molecule has 0 radical (unpaired) electrons. The highest BCUT2D eigenvalue weighted by molar-refractivity contribution is 7.07. The third-order valence-corrected chi connectivity index (χ3v) is 8.28. The van der Waals surface area contributed by atoms with Gasteiger partial charge in [-0.3, -0.25) is 24.3 Å². The van der Waals surface area contributed by atoms with Crippen LogP contribution in [0.5, 0.6) is 0 Å². The number of rotatable bonds is 7. The summed E-state index contributed by atoms with van der Waals surface area (Å²) in [4.78, 5) is 45.4. The van der Waals surface area contributed by atoms with E-state index in [0.717, 1.165) is 5.56 Å². The number of hydrogen-bond acceptors (Lipinski definition) is 7. The molecule has 0 aliphatic carbocycles. The Bertz CT molecular complexity index is 1880. The number of carbonyl (C=O) groups excluding carboxylic acids is 1. The Morgan fingerprint density at radius 2 is 1.80 bits per heavy atom. The largest absolute Gasteiger partial charge is 0.456 e. The number of amides is 1. The fourth-order valence-electron chi connectivity index (χ4n) is 4.81. The van der Waals surface area contributed by atoms with Crippen LogP contribution in [-0.2, 0) is 4.79 Å². The number of nitrogens with zero attached hydrogens (tertiary/aromatic N) is 4. The molecule has 9 nitrogen and oxygen atoms in total. The third-order valence-electron chi connectivity index (χ3n) is 6.81. The molecular weight excluding hydrogens is 587 g/mol. The van der Waals surface area contributed by atoms with E-state index >= 15 is 0 Å². The van der Waals surface area contributed by atoms with Gasteiger partial charge in [0.05, 0.1) is 32.3 Å². The molecule has 1 amide bonds. The molecule has 5 rings (SSSR count). The standard InChI is InChI=1S/C29H24Cl2N4O5S/c1-4-33(5-2)28(37)25-16(3)32-29-34(26(25)17-6-8-18(30)9-7-17)27(36)24(41-29)15-20-11-13-23(40-20)21-12-10-19(31)14-22(21)35(38)39/h6-15,26H,4-5H2,1-3H3/b24-15+/t26-/m0/s1. The summed E-state index contributed by atoms with van der Waals surface area (Å²) in [7, 11) is 0. The maximum atomic E-state index is 13.9. The van der Waals surface area contributed by atoms with Gasteiger partial charge in [-0.2, -0.15) is 0 Å². The van der Waals surface area contributed by atoms with Gasteiger partial charge >= 0.3 is 0 Å². The van der Waals surface area contributed by atoms with Crippen molar-refractivity contribution in [2.24, 2.45) is 4.99 Å². The molecule has 3 heterocycles. The lowest BCUT2D eigenvalue weighted by atomic mass is 9.94. The first-order valence-electron chi connectivity index (χ1n) is 12.7. The highest BCUT2D eigenvalue weighted by Gasteiger charge is 2.34. The first kappa shape index (κ1) is 28.5. The molecule has 0 spiro atoms. The average Bonchev–Trinajstić information content (AvgIpc) is 3.53. The Labute approximate surface area is 248 Å². The Morgan fingerprint density at radius 1 is 1.12 bits per heavy atom. The first-order chi connectivity index (χ1) is 19.6. The van der Waals surface area contributed by atoms with Crippen molar-refractivity contribution in [3.63, 3.8) is 0 Å². The Morgan fingerprint density at radius 3 is 2.46 bits per heavy atom. The van der Waals surface area contributed by atoms with Gasteiger partial charge in [-0.05, 0) is 62.7 Å². The zero-order chi connectivity index (χ0) is 29.4. The van der Waals surface area contributed by atoms with Crippen molar-refractivity contribution >= 4 is 52.2 Å². The second-order valence-electron chi connectivity index (χ2n) is 9.23. The Kier molecular flexibility index (Phi) is 7.99. The predicted molar refractivity (Wildman–Crippen MR) is 159 cm³/mol. The van der Waals surface area contributed by atoms with Crippen LogP contribution in [0.3, 0.4) is 0 Å². The molecule has 2 aromatic heterocycles. The predicted octanol–water partition coefficient (Wildman–Crippen LogP) is 5.58. The van der Waals surface area contributed by atoms with Gasteiger partial charge in [0.15, 0.2) is 4.80 Å². The molecule has 0 saturated heterocycles. The molecule has 41 heavy (non-hydrogen) atoms. The van der Waals surface area contributed by atoms with Crippen molar-refractivity contribution in [1.29, 1.82) is 0 Å². The number of furan rings is 1. The van der Waals surface area contributed by atoms with E-state index in [9.17, 15) is 19.7 Å². The quantitative estimate of drug-likeness (QED) is 0.200. The minimum atomic E-state index is -0.706. The second kappa shape index (κ2) is 11.5. The minimum Gasteiger partial charge on any atom is -0.456 e. The summed E-state index contributed by atoms with van der Waals surface area (Å²) in [6, 6.07) is 13.9. The summed E-state index contributed by atoms with van der Waals surface area (Å²) < 4.78 is 7.75. The Balaban J connectivity index is 1.64. The lowest BCUT2D eigenvalue weighted by Gasteiger charge is -2.29. The molecule has 0 bridgehead atoms. The molecule has 2 aromatic carbocycles. The van der Waals surface area contributed by atoms with Crippen LogP contribution in [-0.4, -0.2) is 33.4 Å². The van der Waals surface area contributed by atoms with Crippen molar-refractivity contribution in [3.8, 4) is 11.3 Å². The summed E-state index contributed by atoms with van der Waals surface area (Å²) in [6.45, 7) is 6.60. The maximum absolute atomic E-state index is 13.9. The van der Waals surface area contributed by atoms with Gasteiger partial charge in [0.1, 0.15) is 11.5 Å². The van der Waals surface area contributed by atoms with E-state index < -0.39 is 11.0 Å². The number of fused-ring (bicyclic) bond motifs is 1. The van der Waals surface area contributed by atoms with Gasteiger partial charge in [0, 0.05) is 35.3 Å². The van der Waals surface area contributed by atoms with Crippen LogP contribution in [0.15, 0.2) is 80.1 Å². The highest BCUT2D eigenvalue weighted by Crippen LogP contribution is 2.34. The SMILES string of the molecule is CCN(CC)C(=O)C1=C(C)N=c2s/c(=C/c3ccc(-c4ccc(Cl)cc4[N+](=O)[O-])o3)c(=O)n2[C@H]1c1ccc(Cl)cc1. The van der Waals surface area contributed by atoms with Crippen LogP contribution in [0, 0.1) is 10.1 Å². The van der Waals surface area contributed by atoms with E-state index in [1.807, 2.05) is 13.8 Å². The van der Waals surface area contributed by atoms with Gasteiger partial charge in [-0.15, -0.1) is 0 Å². The van der Waals surface area contributed by atoms with E-state index in [1.54, 1.807) is 60.4 Å². The second-order valence-corrected chi connectivity index (χ2v) is 11.1. The van der Waals surface area contributed by atoms with Crippen LogP contribution in [0.25, 0.3) is 17.4 Å². The smallest absolute Gasteiger partial charge is 0.281 e. The number of likely N-dealkylation sites (N-methyl/N-ethyl adjacent to an activating group) is 1. The molecule has 12 heteroatoms. The van der Waals surface area contributed by atoms with Gasteiger partial charge < -0.3 is 9.32 Å². The summed E-state index contributed by atoms with van der Waals surface area (Å²) in [5, 5.41) is 12.3. The average molecular weight is 612 g/mol. The first-order valence-corrected chi connectivity index (χ1v) is 14.3. The minimum absolute atomic E-state index is 0.189. The van der Waals surface area contributed by atoms with Crippen LogP contribution >= 0.6 is 34.5 Å². The zero-order valence-electron chi connectivity index (χ0n) is 22.3. The molecule has 0 saturated carbocycles. The van der Waals surface area contributed by atoms with Crippen LogP contribution < -0.4 is 14.9 Å².